The van der Waals surface area contributed by atoms with Gasteiger partial charge in [0.15, 0.2) is 0 Å². The summed E-state index contributed by atoms with van der Waals surface area (Å²) in [7, 11) is 0. The Kier molecular flexibility index (Phi) is 3.18. The number of benzene rings is 1. The molecule has 3 heteroatoms. The van der Waals surface area contributed by atoms with Crippen LogP contribution in [0.25, 0.3) is 0 Å². The summed E-state index contributed by atoms with van der Waals surface area (Å²) in [5.74, 6) is -1.18. The van der Waals surface area contributed by atoms with E-state index in [2.05, 4.69) is 13.8 Å². The van der Waals surface area contributed by atoms with Gasteiger partial charge >= 0.3 is 5.97 Å². The van der Waals surface area contributed by atoms with Crippen LogP contribution in [0.5, 0.6) is 0 Å². The third-order valence-electron chi connectivity index (χ3n) is 3.70. The van der Waals surface area contributed by atoms with Crippen LogP contribution >= 0.6 is 0 Å². The van der Waals surface area contributed by atoms with E-state index in [0.29, 0.717) is 23.5 Å². The topological polar surface area (TPSA) is 37.3 Å². The maximum atomic E-state index is 13.9. The zero-order chi connectivity index (χ0) is 12.6. The number of carboxylic acid groups (broad SMARTS) is 1. The summed E-state index contributed by atoms with van der Waals surface area (Å²) < 4.78 is 13.9. The van der Waals surface area contributed by atoms with Gasteiger partial charge < -0.3 is 5.11 Å². The first kappa shape index (κ1) is 12.1. The lowest BCUT2D eigenvalue weighted by molar-refractivity contribution is -0.139. The summed E-state index contributed by atoms with van der Waals surface area (Å²) in [6.45, 7) is 4.12. The first-order chi connectivity index (χ1) is 8.02. The summed E-state index contributed by atoms with van der Waals surface area (Å²) in [5, 5.41) is 9.18. The highest BCUT2D eigenvalue weighted by molar-refractivity contribution is 5.77. The van der Waals surface area contributed by atoms with Gasteiger partial charge in [0.25, 0.3) is 0 Å². The molecule has 2 atom stereocenters. The molecular weight excluding hydrogens is 219 g/mol. The molecule has 2 rings (SSSR count). The average Bonchev–Trinajstić information content (AvgIpc) is 2.27. The Morgan fingerprint density at radius 3 is 2.71 bits per heavy atom. The van der Waals surface area contributed by atoms with E-state index in [-0.39, 0.29) is 11.7 Å². The first-order valence-electron chi connectivity index (χ1n) is 6.03. The molecule has 0 aliphatic heterocycles. The van der Waals surface area contributed by atoms with E-state index in [1.54, 1.807) is 12.1 Å². The molecule has 1 N–H and O–H groups in total. The van der Waals surface area contributed by atoms with Crippen molar-refractivity contribution in [2.75, 3.05) is 0 Å². The Labute approximate surface area is 100 Å². The van der Waals surface area contributed by atoms with Gasteiger partial charge in [-0.15, -0.1) is 0 Å². The molecule has 0 spiro atoms. The molecule has 0 amide bonds. The third-order valence-corrected chi connectivity index (χ3v) is 3.70. The van der Waals surface area contributed by atoms with Gasteiger partial charge in [0.05, 0.1) is 5.92 Å². The van der Waals surface area contributed by atoms with Crippen LogP contribution in [-0.2, 0) is 4.79 Å². The Morgan fingerprint density at radius 1 is 1.41 bits per heavy atom. The number of hydrogen-bond acceptors (Lipinski definition) is 1. The van der Waals surface area contributed by atoms with E-state index in [1.165, 1.54) is 6.07 Å². The number of hydrogen-bond donors (Lipinski definition) is 1. The van der Waals surface area contributed by atoms with Crippen LogP contribution in [0.1, 0.15) is 49.7 Å². The SMILES string of the molecule is CC(C)C1CCC(C(=O)O)c2cccc(F)c21. The summed E-state index contributed by atoms with van der Waals surface area (Å²) >= 11 is 0. The average molecular weight is 236 g/mol. The largest absolute Gasteiger partial charge is 0.481 e. The van der Waals surface area contributed by atoms with E-state index in [9.17, 15) is 14.3 Å². The maximum Gasteiger partial charge on any atom is 0.310 e. The zero-order valence-electron chi connectivity index (χ0n) is 10.1. The van der Waals surface area contributed by atoms with Crippen molar-refractivity contribution in [1.82, 2.24) is 0 Å². The quantitative estimate of drug-likeness (QED) is 0.852. The molecule has 0 heterocycles. The molecule has 0 fully saturated rings. The number of carbonyl (C=O) groups is 1. The number of rotatable bonds is 2. The lowest BCUT2D eigenvalue weighted by Crippen LogP contribution is -2.24. The van der Waals surface area contributed by atoms with E-state index in [1.807, 2.05) is 0 Å². The van der Waals surface area contributed by atoms with E-state index in [0.717, 1.165) is 6.42 Å². The predicted molar refractivity (Wildman–Crippen MR) is 63.6 cm³/mol. The number of aliphatic carboxylic acids is 1. The molecule has 1 aliphatic carbocycles. The summed E-state index contributed by atoms with van der Waals surface area (Å²) in [4.78, 5) is 11.2. The number of carboxylic acids is 1. The van der Waals surface area contributed by atoms with Crippen molar-refractivity contribution in [3.63, 3.8) is 0 Å². The van der Waals surface area contributed by atoms with Gasteiger partial charge in [-0.05, 0) is 41.9 Å². The third kappa shape index (κ3) is 2.06. The summed E-state index contributed by atoms with van der Waals surface area (Å²) in [6, 6.07) is 4.79. The fourth-order valence-corrected chi connectivity index (χ4v) is 2.82. The van der Waals surface area contributed by atoms with Crippen molar-refractivity contribution in [3.8, 4) is 0 Å². The molecule has 2 unspecified atom stereocenters. The minimum absolute atomic E-state index is 0.141. The second-order valence-electron chi connectivity index (χ2n) is 5.06. The van der Waals surface area contributed by atoms with Crippen LogP contribution in [0.15, 0.2) is 18.2 Å². The fourth-order valence-electron chi connectivity index (χ4n) is 2.82. The van der Waals surface area contributed by atoms with E-state index in [4.69, 9.17) is 0 Å². The van der Waals surface area contributed by atoms with Crippen molar-refractivity contribution in [2.24, 2.45) is 5.92 Å². The van der Waals surface area contributed by atoms with Gasteiger partial charge in [0, 0.05) is 0 Å². The lowest BCUT2D eigenvalue weighted by Gasteiger charge is -2.32. The molecule has 1 aromatic rings. The van der Waals surface area contributed by atoms with E-state index < -0.39 is 11.9 Å². The van der Waals surface area contributed by atoms with Crippen LogP contribution in [0, 0.1) is 11.7 Å². The molecule has 92 valence electrons. The van der Waals surface area contributed by atoms with Crippen molar-refractivity contribution in [1.29, 1.82) is 0 Å². The highest BCUT2D eigenvalue weighted by Gasteiger charge is 2.34. The Hall–Kier alpha value is -1.38. The van der Waals surface area contributed by atoms with Crippen molar-refractivity contribution in [3.05, 3.63) is 35.1 Å². The van der Waals surface area contributed by atoms with Crippen molar-refractivity contribution < 1.29 is 14.3 Å². The highest BCUT2D eigenvalue weighted by atomic mass is 19.1. The van der Waals surface area contributed by atoms with Crippen molar-refractivity contribution >= 4 is 5.97 Å². The Bertz CT molecular complexity index is 440. The minimum Gasteiger partial charge on any atom is -0.481 e. The Morgan fingerprint density at radius 2 is 2.12 bits per heavy atom. The monoisotopic (exact) mass is 236 g/mol. The molecule has 0 radical (unpaired) electrons. The van der Waals surface area contributed by atoms with Crippen LogP contribution < -0.4 is 0 Å². The lowest BCUT2D eigenvalue weighted by atomic mass is 9.72. The molecular formula is C14H17FO2. The van der Waals surface area contributed by atoms with Crippen LogP contribution in [0.3, 0.4) is 0 Å². The molecule has 1 aliphatic rings. The van der Waals surface area contributed by atoms with Gasteiger partial charge in [-0.25, -0.2) is 4.39 Å². The smallest absolute Gasteiger partial charge is 0.310 e. The fraction of sp³-hybridized carbons (Fsp3) is 0.500. The molecule has 17 heavy (non-hydrogen) atoms. The normalized spacial score (nSPS) is 23.5. The number of fused-ring (bicyclic) bond motifs is 1. The molecule has 0 aromatic heterocycles. The second kappa shape index (κ2) is 4.47. The number of halogens is 1. The van der Waals surface area contributed by atoms with Crippen molar-refractivity contribution in [2.45, 2.75) is 38.5 Å². The predicted octanol–water partition coefficient (Wildman–Crippen LogP) is 3.53. The maximum absolute atomic E-state index is 13.9. The Balaban J connectivity index is 2.54. The zero-order valence-corrected chi connectivity index (χ0v) is 10.1. The van der Waals surface area contributed by atoms with Crippen LogP contribution in [0.2, 0.25) is 0 Å². The van der Waals surface area contributed by atoms with Gasteiger partial charge in [-0.1, -0.05) is 26.0 Å². The standard InChI is InChI=1S/C14H17FO2/c1-8(2)9-6-7-11(14(16)17)10-4-3-5-12(15)13(9)10/h3-5,8-9,11H,6-7H2,1-2H3,(H,16,17). The molecule has 1 aromatic carbocycles. The molecule has 0 bridgehead atoms. The van der Waals surface area contributed by atoms with Crippen LogP contribution in [-0.4, -0.2) is 11.1 Å². The highest BCUT2D eigenvalue weighted by Crippen LogP contribution is 2.43. The van der Waals surface area contributed by atoms with Gasteiger partial charge in [-0.3, -0.25) is 4.79 Å². The van der Waals surface area contributed by atoms with Crippen LogP contribution in [0.4, 0.5) is 4.39 Å². The van der Waals surface area contributed by atoms with Gasteiger partial charge in [0.2, 0.25) is 0 Å². The first-order valence-corrected chi connectivity index (χ1v) is 6.03. The second-order valence-corrected chi connectivity index (χ2v) is 5.06. The summed E-state index contributed by atoms with van der Waals surface area (Å²) in [6.07, 6.45) is 1.36. The van der Waals surface area contributed by atoms with Gasteiger partial charge in [-0.2, -0.15) is 0 Å². The minimum atomic E-state index is -0.848. The van der Waals surface area contributed by atoms with Gasteiger partial charge in [0.1, 0.15) is 5.82 Å². The van der Waals surface area contributed by atoms with E-state index >= 15 is 0 Å². The molecule has 2 nitrogen and oxygen atoms in total. The molecule has 0 saturated heterocycles. The molecule has 0 saturated carbocycles. The summed E-state index contributed by atoms with van der Waals surface area (Å²) in [5.41, 5.74) is 1.30.